The lowest BCUT2D eigenvalue weighted by Crippen LogP contribution is -2.51. The molecule has 0 saturated carbocycles. The molecule has 24 heavy (non-hydrogen) atoms. The standard InChI is InChI=1S/C19H22N2OSi2/c1-23(2,3)22-24(4,5)19-8-6-7-15(12-19)16-9-10-17(13-20)18(11-16)14-21/h6-12H,1-5H3. The average Bonchev–Trinajstić information content (AvgIpc) is 2.52. The molecule has 0 amide bonds. The molecule has 5 heteroatoms. The Morgan fingerprint density at radius 1 is 0.792 bits per heavy atom. The van der Waals surface area contributed by atoms with Gasteiger partial charge in [-0.3, -0.25) is 0 Å². The van der Waals surface area contributed by atoms with E-state index in [2.05, 4.69) is 57.0 Å². The second-order valence-corrected chi connectivity index (χ2v) is 15.9. The third-order valence-corrected chi connectivity index (χ3v) is 9.91. The fourth-order valence-corrected chi connectivity index (χ4v) is 10.4. The van der Waals surface area contributed by atoms with E-state index in [1.54, 1.807) is 12.1 Å². The lowest BCUT2D eigenvalue weighted by atomic mass is 10.0. The fraction of sp³-hybridized carbons (Fsp3) is 0.263. The Morgan fingerprint density at radius 3 is 2.00 bits per heavy atom. The molecule has 0 unspecified atom stereocenters. The Kier molecular flexibility index (Phi) is 5.10. The Labute approximate surface area is 146 Å². The van der Waals surface area contributed by atoms with E-state index in [9.17, 15) is 5.26 Å². The largest absolute Gasteiger partial charge is 0.452 e. The molecule has 0 aliphatic carbocycles. The van der Waals surface area contributed by atoms with Gasteiger partial charge in [0.05, 0.1) is 11.1 Å². The van der Waals surface area contributed by atoms with Crippen LogP contribution in [0.5, 0.6) is 0 Å². The molecule has 3 nitrogen and oxygen atoms in total. The van der Waals surface area contributed by atoms with Gasteiger partial charge in [0.25, 0.3) is 0 Å². The smallest absolute Gasteiger partial charge is 0.205 e. The van der Waals surface area contributed by atoms with Crippen molar-refractivity contribution in [3.8, 4) is 23.3 Å². The van der Waals surface area contributed by atoms with Crippen LogP contribution in [0, 0.1) is 22.7 Å². The topological polar surface area (TPSA) is 56.8 Å². The molecule has 2 aromatic carbocycles. The maximum Gasteiger partial charge on any atom is 0.205 e. The first-order valence-electron chi connectivity index (χ1n) is 7.91. The van der Waals surface area contributed by atoms with Gasteiger partial charge in [-0.15, -0.1) is 0 Å². The number of nitriles is 2. The van der Waals surface area contributed by atoms with Crippen LogP contribution in [0.2, 0.25) is 32.7 Å². The molecule has 2 rings (SSSR count). The van der Waals surface area contributed by atoms with E-state index in [0.29, 0.717) is 11.1 Å². The number of nitrogens with zero attached hydrogens (tertiary/aromatic N) is 2. The zero-order chi connectivity index (χ0) is 18.0. The summed E-state index contributed by atoms with van der Waals surface area (Å²) in [5.74, 6) is 0. The maximum absolute atomic E-state index is 9.22. The second kappa shape index (κ2) is 6.74. The van der Waals surface area contributed by atoms with Crippen molar-refractivity contribution in [3.05, 3.63) is 53.6 Å². The predicted octanol–water partition coefficient (Wildman–Crippen LogP) is 4.36. The van der Waals surface area contributed by atoms with Gasteiger partial charge < -0.3 is 4.12 Å². The monoisotopic (exact) mass is 350 g/mol. The molecule has 0 N–H and O–H groups in total. The van der Waals surface area contributed by atoms with Crippen LogP contribution in [0.3, 0.4) is 0 Å². The summed E-state index contributed by atoms with van der Waals surface area (Å²) < 4.78 is 6.47. The fourth-order valence-electron chi connectivity index (χ4n) is 2.81. The van der Waals surface area contributed by atoms with Gasteiger partial charge >= 0.3 is 0 Å². The number of benzene rings is 2. The highest BCUT2D eigenvalue weighted by atomic mass is 28.4. The normalized spacial score (nSPS) is 11.6. The highest BCUT2D eigenvalue weighted by molar-refractivity contribution is 6.92. The zero-order valence-corrected chi connectivity index (χ0v) is 16.8. The third-order valence-electron chi connectivity index (χ3n) is 3.71. The molecule has 0 fully saturated rings. The van der Waals surface area contributed by atoms with E-state index >= 15 is 0 Å². The predicted molar refractivity (Wildman–Crippen MR) is 103 cm³/mol. The van der Waals surface area contributed by atoms with E-state index in [1.165, 1.54) is 5.19 Å². The first kappa shape index (κ1) is 18.2. The molecule has 0 aromatic heterocycles. The van der Waals surface area contributed by atoms with Crippen LogP contribution in [0.4, 0.5) is 0 Å². The van der Waals surface area contributed by atoms with Crippen molar-refractivity contribution in [2.75, 3.05) is 0 Å². The van der Waals surface area contributed by atoms with Gasteiger partial charge in [-0.2, -0.15) is 10.5 Å². The summed E-state index contributed by atoms with van der Waals surface area (Å²) in [6.07, 6.45) is 0. The van der Waals surface area contributed by atoms with Gasteiger partial charge in [-0.05, 0) is 61.2 Å². The van der Waals surface area contributed by atoms with Crippen LogP contribution < -0.4 is 5.19 Å². The van der Waals surface area contributed by atoms with Crippen molar-refractivity contribution in [2.24, 2.45) is 0 Å². The van der Waals surface area contributed by atoms with Gasteiger partial charge in [0.15, 0.2) is 8.32 Å². The van der Waals surface area contributed by atoms with E-state index in [1.807, 2.05) is 18.2 Å². The lowest BCUT2D eigenvalue weighted by molar-refractivity contribution is 0.566. The van der Waals surface area contributed by atoms with Gasteiger partial charge in [0, 0.05) is 0 Å². The average molecular weight is 351 g/mol. The SMILES string of the molecule is C[Si](C)(C)O[Si](C)(C)c1cccc(-c2ccc(C#N)c(C#N)c2)c1. The molecule has 0 heterocycles. The van der Waals surface area contributed by atoms with Crippen LogP contribution in [0.1, 0.15) is 11.1 Å². The van der Waals surface area contributed by atoms with E-state index in [4.69, 9.17) is 9.38 Å². The minimum Gasteiger partial charge on any atom is -0.452 e. The zero-order valence-electron chi connectivity index (χ0n) is 14.8. The minimum atomic E-state index is -1.97. The number of hydrogen-bond donors (Lipinski definition) is 0. The van der Waals surface area contributed by atoms with Crippen LogP contribution >= 0.6 is 0 Å². The van der Waals surface area contributed by atoms with Crippen molar-refractivity contribution >= 4 is 21.8 Å². The van der Waals surface area contributed by atoms with Crippen molar-refractivity contribution in [1.82, 2.24) is 0 Å². The molecule has 2 aromatic rings. The Balaban J connectivity index is 2.45. The molecule has 122 valence electrons. The summed E-state index contributed by atoms with van der Waals surface area (Å²) in [6, 6.07) is 17.9. The molecule has 0 saturated heterocycles. The molecule has 0 aliphatic heterocycles. The summed E-state index contributed by atoms with van der Waals surface area (Å²) in [4.78, 5) is 0. The van der Waals surface area contributed by atoms with E-state index in [-0.39, 0.29) is 0 Å². The highest BCUT2D eigenvalue weighted by Gasteiger charge is 2.31. The van der Waals surface area contributed by atoms with Crippen LogP contribution in [0.15, 0.2) is 42.5 Å². The van der Waals surface area contributed by atoms with Gasteiger partial charge in [0.1, 0.15) is 12.1 Å². The van der Waals surface area contributed by atoms with Gasteiger partial charge in [-0.25, -0.2) is 0 Å². The number of rotatable bonds is 4. The van der Waals surface area contributed by atoms with Gasteiger partial charge in [0.2, 0.25) is 8.32 Å². The molecule has 0 aliphatic rings. The third kappa shape index (κ3) is 4.21. The van der Waals surface area contributed by atoms with E-state index < -0.39 is 16.6 Å². The summed E-state index contributed by atoms with van der Waals surface area (Å²) in [6.45, 7) is 11.1. The second-order valence-electron chi connectivity index (χ2n) is 7.29. The van der Waals surface area contributed by atoms with Crippen molar-refractivity contribution in [1.29, 1.82) is 10.5 Å². The van der Waals surface area contributed by atoms with Crippen molar-refractivity contribution in [2.45, 2.75) is 32.7 Å². The molecule has 0 atom stereocenters. The van der Waals surface area contributed by atoms with E-state index in [0.717, 1.165) is 11.1 Å². The first-order chi connectivity index (χ1) is 11.2. The Hall–Kier alpha value is -2.19. The highest BCUT2D eigenvalue weighted by Crippen LogP contribution is 2.23. The van der Waals surface area contributed by atoms with Crippen molar-refractivity contribution < 1.29 is 4.12 Å². The summed E-state index contributed by atoms with van der Waals surface area (Å²) in [5.41, 5.74) is 2.82. The Morgan fingerprint density at radius 2 is 1.42 bits per heavy atom. The summed E-state index contributed by atoms with van der Waals surface area (Å²) in [5, 5.41) is 19.5. The van der Waals surface area contributed by atoms with Crippen molar-refractivity contribution in [3.63, 3.8) is 0 Å². The summed E-state index contributed by atoms with van der Waals surface area (Å²) >= 11 is 0. The summed E-state index contributed by atoms with van der Waals surface area (Å²) in [7, 11) is -3.59. The van der Waals surface area contributed by atoms with Crippen LogP contribution in [-0.4, -0.2) is 16.6 Å². The number of hydrogen-bond acceptors (Lipinski definition) is 3. The molecular weight excluding hydrogens is 328 g/mol. The van der Waals surface area contributed by atoms with Gasteiger partial charge in [-0.1, -0.05) is 30.3 Å². The van der Waals surface area contributed by atoms with Crippen LogP contribution in [-0.2, 0) is 4.12 Å². The Bertz CT molecular complexity index is 840. The molecule has 0 bridgehead atoms. The van der Waals surface area contributed by atoms with Crippen LogP contribution in [0.25, 0.3) is 11.1 Å². The lowest BCUT2D eigenvalue weighted by Gasteiger charge is -2.32. The first-order valence-corrected chi connectivity index (χ1v) is 14.2. The quantitative estimate of drug-likeness (QED) is 0.770. The molecular formula is C19H22N2OSi2. The maximum atomic E-state index is 9.22. The molecule has 0 radical (unpaired) electrons. The minimum absolute atomic E-state index is 0.411. The molecule has 0 spiro atoms.